The third-order valence-electron chi connectivity index (χ3n) is 4.31. The zero-order chi connectivity index (χ0) is 17.2. The van der Waals surface area contributed by atoms with Crippen LogP contribution in [-0.2, 0) is 0 Å². The highest BCUT2D eigenvalue weighted by molar-refractivity contribution is 5.69. The van der Waals surface area contributed by atoms with E-state index in [0.29, 0.717) is 11.6 Å². The lowest BCUT2D eigenvalue weighted by Crippen LogP contribution is -2.05. The van der Waals surface area contributed by atoms with Crippen molar-refractivity contribution >= 4 is 5.65 Å². The number of fused-ring (bicyclic) bond motifs is 1. The van der Waals surface area contributed by atoms with E-state index < -0.39 is 6.10 Å². The van der Waals surface area contributed by atoms with Gasteiger partial charge in [-0.25, -0.2) is 4.98 Å². The minimum Gasteiger partial charge on any atom is -0.482 e. The summed E-state index contributed by atoms with van der Waals surface area (Å²) in [4.78, 5) is 4.48. The van der Waals surface area contributed by atoms with Gasteiger partial charge >= 0.3 is 0 Å². The number of imidazole rings is 1. The predicted octanol–water partition coefficient (Wildman–Crippen LogP) is 4.09. The van der Waals surface area contributed by atoms with Crippen molar-refractivity contribution in [1.82, 2.24) is 9.38 Å². The van der Waals surface area contributed by atoms with Crippen LogP contribution in [0.4, 0.5) is 0 Å². The standard InChI is InChI=1S/C21H18N2O2/c1-25-20-13-17(15-8-4-2-5-9-15)12-19-22-14-18(23(19)20)21(24)16-10-6-3-7-11-16/h2-14,21,24H,1H3/t21-/m0/s1. The molecule has 2 aromatic heterocycles. The highest BCUT2D eigenvalue weighted by Gasteiger charge is 2.18. The van der Waals surface area contributed by atoms with E-state index in [1.807, 2.05) is 77.2 Å². The van der Waals surface area contributed by atoms with Crippen LogP contribution >= 0.6 is 0 Å². The third kappa shape index (κ3) is 2.77. The van der Waals surface area contributed by atoms with Gasteiger partial charge in [0.25, 0.3) is 0 Å². The monoisotopic (exact) mass is 330 g/mol. The Labute approximate surface area is 146 Å². The van der Waals surface area contributed by atoms with Crippen molar-refractivity contribution in [1.29, 1.82) is 0 Å². The Kier molecular flexibility index (Phi) is 3.96. The molecule has 2 heterocycles. The molecule has 0 aliphatic carbocycles. The van der Waals surface area contributed by atoms with Crippen LogP contribution in [0.25, 0.3) is 16.8 Å². The highest BCUT2D eigenvalue weighted by Crippen LogP contribution is 2.30. The van der Waals surface area contributed by atoms with Gasteiger partial charge < -0.3 is 9.84 Å². The number of nitrogens with zero attached hydrogens (tertiary/aromatic N) is 2. The number of aromatic nitrogens is 2. The number of hydrogen-bond donors (Lipinski definition) is 1. The SMILES string of the molecule is COc1cc(-c2ccccc2)cc2ncc([C@@H](O)c3ccccc3)n12. The highest BCUT2D eigenvalue weighted by atomic mass is 16.5. The Morgan fingerprint density at radius 2 is 1.60 bits per heavy atom. The van der Waals surface area contributed by atoms with Gasteiger partial charge in [-0.2, -0.15) is 0 Å². The summed E-state index contributed by atoms with van der Waals surface area (Å²) in [5.41, 5.74) is 4.35. The van der Waals surface area contributed by atoms with Gasteiger partial charge in [0.15, 0.2) is 5.88 Å². The number of hydrogen-bond acceptors (Lipinski definition) is 3. The Morgan fingerprint density at radius 3 is 2.28 bits per heavy atom. The van der Waals surface area contributed by atoms with Crippen LogP contribution in [0.1, 0.15) is 17.4 Å². The number of aliphatic hydroxyl groups excluding tert-OH is 1. The average molecular weight is 330 g/mol. The molecule has 0 unspecified atom stereocenters. The summed E-state index contributed by atoms with van der Waals surface area (Å²) in [6.07, 6.45) is 0.928. The second-order valence-electron chi connectivity index (χ2n) is 5.84. The lowest BCUT2D eigenvalue weighted by atomic mass is 10.1. The Bertz CT molecular complexity index is 995. The van der Waals surface area contributed by atoms with Crippen molar-refractivity contribution in [2.24, 2.45) is 0 Å². The molecule has 0 amide bonds. The average Bonchev–Trinajstić information content (AvgIpc) is 3.12. The fraction of sp³-hybridized carbons (Fsp3) is 0.0952. The van der Waals surface area contributed by atoms with E-state index in [0.717, 1.165) is 22.3 Å². The van der Waals surface area contributed by atoms with Crippen LogP contribution in [0.3, 0.4) is 0 Å². The largest absolute Gasteiger partial charge is 0.482 e. The fourth-order valence-electron chi connectivity index (χ4n) is 3.05. The Balaban J connectivity index is 1.86. The molecule has 124 valence electrons. The summed E-state index contributed by atoms with van der Waals surface area (Å²) in [5, 5.41) is 10.8. The lowest BCUT2D eigenvalue weighted by Gasteiger charge is -2.14. The van der Waals surface area contributed by atoms with Crippen molar-refractivity contribution in [3.63, 3.8) is 0 Å². The maximum absolute atomic E-state index is 10.8. The first-order valence-electron chi connectivity index (χ1n) is 8.12. The van der Waals surface area contributed by atoms with Gasteiger partial charge in [-0.1, -0.05) is 60.7 Å². The Hall–Kier alpha value is -3.11. The molecule has 0 radical (unpaired) electrons. The quantitative estimate of drug-likeness (QED) is 0.613. The van der Waals surface area contributed by atoms with Gasteiger partial charge in [0.2, 0.25) is 0 Å². The zero-order valence-corrected chi connectivity index (χ0v) is 13.8. The summed E-state index contributed by atoms with van der Waals surface area (Å²) in [6.45, 7) is 0. The van der Waals surface area contributed by atoms with Gasteiger partial charge in [-0.3, -0.25) is 4.40 Å². The van der Waals surface area contributed by atoms with Crippen molar-refractivity contribution in [2.75, 3.05) is 7.11 Å². The smallest absolute Gasteiger partial charge is 0.199 e. The first kappa shape index (κ1) is 15.4. The van der Waals surface area contributed by atoms with E-state index in [4.69, 9.17) is 4.74 Å². The van der Waals surface area contributed by atoms with Gasteiger partial charge in [-0.05, 0) is 22.8 Å². The lowest BCUT2D eigenvalue weighted by molar-refractivity contribution is 0.212. The van der Waals surface area contributed by atoms with Crippen LogP contribution in [0.15, 0.2) is 79.0 Å². The van der Waals surface area contributed by atoms with Crippen molar-refractivity contribution in [2.45, 2.75) is 6.10 Å². The maximum Gasteiger partial charge on any atom is 0.199 e. The summed E-state index contributed by atoms with van der Waals surface area (Å²) >= 11 is 0. The molecule has 0 fully saturated rings. The molecule has 4 heteroatoms. The minimum absolute atomic E-state index is 0.638. The first-order valence-corrected chi connectivity index (χ1v) is 8.12. The number of ether oxygens (including phenoxy) is 1. The Morgan fingerprint density at radius 1 is 0.920 bits per heavy atom. The second kappa shape index (κ2) is 6.42. The zero-order valence-electron chi connectivity index (χ0n) is 13.8. The van der Waals surface area contributed by atoms with E-state index in [1.165, 1.54) is 0 Å². The van der Waals surface area contributed by atoms with Crippen molar-refractivity contribution < 1.29 is 9.84 Å². The number of benzene rings is 2. The van der Waals surface area contributed by atoms with E-state index >= 15 is 0 Å². The van der Waals surface area contributed by atoms with E-state index in [2.05, 4.69) is 4.98 Å². The number of pyridine rings is 1. The maximum atomic E-state index is 10.8. The molecule has 4 rings (SSSR count). The second-order valence-corrected chi connectivity index (χ2v) is 5.84. The van der Waals surface area contributed by atoms with Crippen molar-refractivity contribution in [3.8, 4) is 17.0 Å². The van der Waals surface area contributed by atoms with Crippen LogP contribution < -0.4 is 4.74 Å². The topological polar surface area (TPSA) is 46.8 Å². The summed E-state index contributed by atoms with van der Waals surface area (Å²) in [6, 6.07) is 23.6. The molecule has 0 aliphatic heterocycles. The number of rotatable bonds is 4. The summed E-state index contributed by atoms with van der Waals surface area (Å²) in [7, 11) is 1.63. The van der Waals surface area contributed by atoms with Crippen LogP contribution in [-0.4, -0.2) is 21.6 Å². The molecule has 0 bridgehead atoms. The van der Waals surface area contributed by atoms with E-state index in [9.17, 15) is 5.11 Å². The van der Waals surface area contributed by atoms with Crippen LogP contribution in [0.2, 0.25) is 0 Å². The molecule has 0 saturated heterocycles. The van der Waals surface area contributed by atoms with Gasteiger partial charge in [0.1, 0.15) is 11.8 Å². The molecule has 0 aliphatic rings. The van der Waals surface area contributed by atoms with E-state index in [-0.39, 0.29) is 0 Å². The number of methoxy groups -OCH3 is 1. The molecule has 0 saturated carbocycles. The van der Waals surface area contributed by atoms with Crippen LogP contribution in [0, 0.1) is 0 Å². The molecule has 1 atom stereocenters. The molecular formula is C21H18N2O2. The van der Waals surface area contributed by atoms with Gasteiger partial charge in [0.05, 0.1) is 19.0 Å². The van der Waals surface area contributed by atoms with E-state index in [1.54, 1.807) is 13.3 Å². The van der Waals surface area contributed by atoms with Crippen molar-refractivity contribution in [3.05, 3.63) is 90.3 Å². The third-order valence-corrected chi connectivity index (χ3v) is 4.31. The normalized spacial score (nSPS) is 12.2. The van der Waals surface area contributed by atoms with Gasteiger partial charge in [-0.15, -0.1) is 0 Å². The molecule has 25 heavy (non-hydrogen) atoms. The first-order chi connectivity index (χ1) is 12.3. The molecule has 4 nitrogen and oxygen atoms in total. The van der Waals surface area contributed by atoms with Crippen LogP contribution in [0.5, 0.6) is 5.88 Å². The molecule has 1 N–H and O–H groups in total. The summed E-state index contributed by atoms with van der Waals surface area (Å²) in [5.74, 6) is 0.638. The molecule has 0 spiro atoms. The fourth-order valence-corrected chi connectivity index (χ4v) is 3.05. The minimum atomic E-state index is -0.771. The molecule has 2 aromatic carbocycles. The predicted molar refractivity (Wildman–Crippen MR) is 97.7 cm³/mol. The molecular weight excluding hydrogens is 312 g/mol. The summed E-state index contributed by atoms with van der Waals surface area (Å²) < 4.78 is 7.44. The number of aliphatic hydroxyl groups is 1. The molecule has 4 aromatic rings. The van der Waals surface area contributed by atoms with Gasteiger partial charge in [0, 0.05) is 6.07 Å².